The molecule has 1 fully saturated rings. The third kappa shape index (κ3) is 4.47. The number of amides is 1. The summed E-state index contributed by atoms with van der Waals surface area (Å²) in [5.74, 6) is -0.675. The number of carbonyl (C=O) groups excluding carboxylic acids is 1. The predicted molar refractivity (Wildman–Crippen MR) is 78.2 cm³/mol. The van der Waals surface area contributed by atoms with Crippen molar-refractivity contribution in [3.8, 4) is 0 Å². The minimum absolute atomic E-state index is 0.0825. The van der Waals surface area contributed by atoms with Crippen LogP contribution in [0.5, 0.6) is 0 Å². The number of rotatable bonds is 4. The SMILES string of the molecule is CC1CCCC(N)(C(=O)NC(CC(=O)O)C(C)(C)C)C1. The van der Waals surface area contributed by atoms with Gasteiger partial charge in [0.1, 0.15) is 0 Å². The third-order valence-corrected chi connectivity index (χ3v) is 4.21. The highest BCUT2D eigenvalue weighted by molar-refractivity contribution is 5.87. The van der Waals surface area contributed by atoms with E-state index in [1.807, 2.05) is 20.8 Å². The van der Waals surface area contributed by atoms with Crippen molar-refractivity contribution in [2.24, 2.45) is 17.1 Å². The Bertz CT molecular complexity index is 376. The minimum atomic E-state index is -0.909. The molecule has 0 saturated heterocycles. The third-order valence-electron chi connectivity index (χ3n) is 4.21. The number of hydrogen-bond acceptors (Lipinski definition) is 3. The van der Waals surface area contributed by atoms with E-state index in [0.29, 0.717) is 18.8 Å². The molecule has 1 amide bonds. The summed E-state index contributed by atoms with van der Waals surface area (Å²) in [5.41, 5.74) is 5.09. The standard InChI is InChI=1S/C15H28N2O3/c1-10-6-5-7-15(16,9-10)13(20)17-11(8-12(18)19)14(2,3)4/h10-11H,5-9,16H2,1-4H3,(H,17,20)(H,18,19). The van der Waals surface area contributed by atoms with Crippen molar-refractivity contribution >= 4 is 11.9 Å². The van der Waals surface area contributed by atoms with Gasteiger partial charge in [0.25, 0.3) is 0 Å². The molecule has 1 saturated carbocycles. The van der Waals surface area contributed by atoms with Crippen molar-refractivity contribution in [2.45, 2.75) is 71.4 Å². The Kier molecular flexibility index (Phi) is 5.19. The maximum atomic E-state index is 12.5. The van der Waals surface area contributed by atoms with Crippen LogP contribution in [0.25, 0.3) is 0 Å². The topological polar surface area (TPSA) is 92.4 Å². The van der Waals surface area contributed by atoms with Crippen molar-refractivity contribution < 1.29 is 14.7 Å². The van der Waals surface area contributed by atoms with E-state index in [4.69, 9.17) is 10.8 Å². The molecule has 0 bridgehead atoms. The van der Waals surface area contributed by atoms with Gasteiger partial charge in [-0.3, -0.25) is 9.59 Å². The van der Waals surface area contributed by atoms with E-state index < -0.39 is 17.6 Å². The van der Waals surface area contributed by atoms with Crippen molar-refractivity contribution in [3.05, 3.63) is 0 Å². The maximum absolute atomic E-state index is 12.5. The molecule has 0 aromatic carbocycles. The summed E-state index contributed by atoms with van der Waals surface area (Å²) in [6.07, 6.45) is 3.31. The van der Waals surface area contributed by atoms with Crippen molar-refractivity contribution in [2.75, 3.05) is 0 Å². The molecule has 0 aromatic rings. The zero-order chi connectivity index (χ0) is 15.6. The zero-order valence-corrected chi connectivity index (χ0v) is 13.0. The molecular weight excluding hydrogens is 256 g/mol. The molecule has 5 heteroatoms. The van der Waals surface area contributed by atoms with Gasteiger partial charge in [-0.25, -0.2) is 0 Å². The summed E-state index contributed by atoms with van der Waals surface area (Å²) in [4.78, 5) is 23.4. The van der Waals surface area contributed by atoms with Gasteiger partial charge >= 0.3 is 5.97 Å². The van der Waals surface area contributed by atoms with Gasteiger partial charge in [0, 0.05) is 6.04 Å². The van der Waals surface area contributed by atoms with Crippen LogP contribution in [0.15, 0.2) is 0 Å². The second kappa shape index (κ2) is 6.12. The van der Waals surface area contributed by atoms with Crippen LogP contribution in [0.2, 0.25) is 0 Å². The lowest BCUT2D eigenvalue weighted by molar-refractivity contribution is -0.139. The van der Waals surface area contributed by atoms with E-state index in [-0.39, 0.29) is 17.7 Å². The van der Waals surface area contributed by atoms with E-state index in [1.165, 1.54) is 0 Å². The summed E-state index contributed by atoms with van der Waals surface area (Å²) in [6.45, 7) is 7.88. The molecule has 0 radical (unpaired) electrons. The fourth-order valence-electron chi connectivity index (χ4n) is 2.85. The number of aliphatic carboxylic acids is 1. The Labute approximate surface area is 121 Å². The summed E-state index contributed by atoms with van der Waals surface area (Å²) in [5, 5.41) is 11.9. The molecular formula is C15H28N2O3. The first-order chi connectivity index (χ1) is 9.04. The van der Waals surface area contributed by atoms with Gasteiger partial charge in [0.2, 0.25) is 5.91 Å². The summed E-state index contributed by atoms with van der Waals surface area (Å²) in [7, 11) is 0. The Morgan fingerprint density at radius 1 is 1.45 bits per heavy atom. The molecule has 0 aromatic heterocycles. The first-order valence-electron chi connectivity index (χ1n) is 7.36. The van der Waals surface area contributed by atoms with E-state index >= 15 is 0 Å². The smallest absolute Gasteiger partial charge is 0.305 e. The molecule has 5 nitrogen and oxygen atoms in total. The van der Waals surface area contributed by atoms with Crippen LogP contribution in [0, 0.1) is 11.3 Å². The zero-order valence-electron chi connectivity index (χ0n) is 13.0. The first-order valence-corrected chi connectivity index (χ1v) is 7.36. The molecule has 3 unspecified atom stereocenters. The second-order valence-electron chi connectivity index (χ2n) is 7.35. The molecule has 3 atom stereocenters. The molecule has 1 rings (SSSR count). The highest BCUT2D eigenvalue weighted by atomic mass is 16.4. The van der Waals surface area contributed by atoms with E-state index in [9.17, 15) is 9.59 Å². The van der Waals surface area contributed by atoms with Gasteiger partial charge in [0.15, 0.2) is 0 Å². The molecule has 116 valence electrons. The lowest BCUT2D eigenvalue weighted by Gasteiger charge is -2.38. The summed E-state index contributed by atoms with van der Waals surface area (Å²) < 4.78 is 0. The number of carbonyl (C=O) groups is 2. The lowest BCUT2D eigenvalue weighted by Crippen LogP contribution is -2.60. The van der Waals surface area contributed by atoms with E-state index in [2.05, 4.69) is 12.2 Å². The van der Waals surface area contributed by atoms with Crippen LogP contribution in [0.1, 0.15) is 59.8 Å². The fraction of sp³-hybridized carbons (Fsp3) is 0.867. The average molecular weight is 284 g/mol. The van der Waals surface area contributed by atoms with Gasteiger partial charge in [-0.2, -0.15) is 0 Å². The Balaban J connectivity index is 2.77. The quantitative estimate of drug-likeness (QED) is 0.735. The van der Waals surface area contributed by atoms with Gasteiger partial charge < -0.3 is 16.2 Å². The highest BCUT2D eigenvalue weighted by Crippen LogP contribution is 2.31. The molecule has 0 heterocycles. The molecule has 1 aliphatic rings. The van der Waals surface area contributed by atoms with Crippen LogP contribution in [-0.4, -0.2) is 28.6 Å². The fourth-order valence-corrected chi connectivity index (χ4v) is 2.85. The molecule has 4 N–H and O–H groups in total. The summed E-state index contributed by atoms with van der Waals surface area (Å²) in [6, 6.07) is -0.412. The summed E-state index contributed by atoms with van der Waals surface area (Å²) >= 11 is 0. The first kappa shape index (κ1) is 17.0. The Morgan fingerprint density at radius 3 is 2.50 bits per heavy atom. The van der Waals surface area contributed by atoms with E-state index in [1.54, 1.807) is 0 Å². The Hall–Kier alpha value is -1.10. The van der Waals surface area contributed by atoms with Gasteiger partial charge in [-0.15, -0.1) is 0 Å². The monoisotopic (exact) mass is 284 g/mol. The lowest BCUT2D eigenvalue weighted by atomic mass is 9.75. The largest absolute Gasteiger partial charge is 0.481 e. The molecule has 1 aliphatic carbocycles. The van der Waals surface area contributed by atoms with Crippen LogP contribution in [0.4, 0.5) is 0 Å². The van der Waals surface area contributed by atoms with Crippen LogP contribution < -0.4 is 11.1 Å². The molecule has 20 heavy (non-hydrogen) atoms. The number of nitrogens with one attached hydrogen (secondary N) is 1. The average Bonchev–Trinajstić information content (AvgIpc) is 2.25. The number of hydrogen-bond donors (Lipinski definition) is 3. The number of carboxylic acid groups (broad SMARTS) is 1. The normalized spacial score (nSPS) is 28.8. The van der Waals surface area contributed by atoms with Crippen LogP contribution in [-0.2, 0) is 9.59 Å². The second-order valence-corrected chi connectivity index (χ2v) is 7.35. The predicted octanol–water partition coefficient (Wildman–Crippen LogP) is 1.90. The molecule has 0 spiro atoms. The van der Waals surface area contributed by atoms with Crippen LogP contribution >= 0.6 is 0 Å². The van der Waals surface area contributed by atoms with Gasteiger partial charge in [0.05, 0.1) is 12.0 Å². The maximum Gasteiger partial charge on any atom is 0.305 e. The van der Waals surface area contributed by atoms with Crippen LogP contribution in [0.3, 0.4) is 0 Å². The Morgan fingerprint density at radius 2 is 2.05 bits per heavy atom. The minimum Gasteiger partial charge on any atom is -0.481 e. The van der Waals surface area contributed by atoms with Gasteiger partial charge in [-0.1, -0.05) is 40.5 Å². The molecule has 0 aliphatic heterocycles. The van der Waals surface area contributed by atoms with E-state index in [0.717, 1.165) is 12.8 Å². The van der Waals surface area contributed by atoms with Crippen molar-refractivity contribution in [1.29, 1.82) is 0 Å². The van der Waals surface area contributed by atoms with Crippen molar-refractivity contribution in [3.63, 3.8) is 0 Å². The highest BCUT2D eigenvalue weighted by Gasteiger charge is 2.40. The number of carboxylic acids is 1. The number of nitrogens with two attached hydrogens (primary N) is 1. The van der Waals surface area contributed by atoms with Gasteiger partial charge in [-0.05, 0) is 24.2 Å². The van der Waals surface area contributed by atoms with Crippen molar-refractivity contribution in [1.82, 2.24) is 5.32 Å².